The highest BCUT2D eigenvalue weighted by molar-refractivity contribution is 5.85. The second-order valence-electron chi connectivity index (χ2n) is 9.79. The third kappa shape index (κ3) is 6.19. The van der Waals surface area contributed by atoms with E-state index < -0.39 is 29.0 Å². The summed E-state index contributed by atoms with van der Waals surface area (Å²) >= 11 is 0. The Bertz CT molecular complexity index is 1220. The zero-order valence-electron chi connectivity index (χ0n) is 21.2. The second-order valence-corrected chi connectivity index (χ2v) is 9.79. The fourth-order valence-corrected chi connectivity index (χ4v) is 5.08. The van der Waals surface area contributed by atoms with Gasteiger partial charge in [-0.25, -0.2) is 17.6 Å². The zero-order valence-corrected chi connectivity index (χ0v) is 21.2. The first-order chi connectivity index (χ1) is 18.3. The molecule has 1 aliphatic heterocycles. The number of halogens is 4. The van der Waals surface area contributed by atoms with E-state index in [0.29, 0.717) is 66.7 Å². The normalized spacial score (nSPS) is 16.5. The number of ether oxygens (including phenoxy) is 2. The Hall–Kier alpha value is -2.95. The van der Waals surface area contributed by atoms with Crippen LogP contribution in [-0.4, -0.2) is 60.1 Å². The minimum absolute atomic E-state index is 0.0734. The van der Waals surface area contributed by atoms with Crippen LogP contribution in [0.2, 0.25) is 0 Å². The number of hydrogen-bond donors (Lipinski definition) is 2. The molecule has 6 nitrogen and oxygen atoms in total. The van der Waals surface area contributed by atoms with Gasteiger partial charge in [-0.3, -0.25) is 9.88 Å². The van der Waals surface area contributed by atoms with Gasteiger partial charge in [0, 0.05) is 48.0 Å². The molecule has 206 valence electrons. The maximum absolute atomic E-state index is 15.7. The average molecular weight is 537 g/mol. The minimum Gasteiger partial charge on any atom is -0.497 e. The van der Waals surface area contributed by atoms with Crippen molar-refractivity contribution in [2.24, 2.45) is 5.41 Å². The van der Waals surface area contributed by atoms with Crippen LogP contribution in [0.1, 0.15) is 43.0 Å². The van der Waals surface area contributed by atoms with Crippen LogP contribution in [0.4, 0.5) is 17.6 Å². The summed E-state index contributed by atoms with van der Waals surface area (Å²) in [5.41, 5.74) is 0.990. The van der Waals surface area contributed by atoms with Crippen molar-refractivity contribution < 1.29 is 37.2 Å². The largest absolute Gasteiger partial charge is 0.497 e. The smallest absolute Gasteiger partial charge is 0.194 e. The molecule has 2 heterocycles. The van der Waals surface area contributed by atoms with Crippen molar-refractivity contribution in [2.75, 3.05) is 40.0 Å². The van der Waals surface area contributed by atoms with Crippen molar-refractivity contribution in [3.63, 3.8) is 0 Å². The van der Waals surface area contributed by atoms with Crippen LogP contribution in [-0.2, 0) is 6.61 Å². The van der Waals surface area contributed by atoms with Gasteiger partial charge in [-0.2, -0.15) is 0 Å². The number of pyridine rings is 1. The second kappa shape index (κ2) is 12.3. The molecule has 1 fully saturated rings. The molecule has 2 N–H and O–H groups in total. The summed E-state index contributed by atoms with van der Waals surface area (Å²) in [5.74, 6) is -3.65. The van der Waals surface area contributed by atoms with Gasteiger partial charge >= 0.3 is 0 Å². The predicted molar refractivity (Wildman–Crippen MR) is 134 cm³/mol. The van der Waals surface area contributed by atoms with E-state index in [9.17, 15) is 23.4 Å². The van der Waals surface area contributed by atoms with Crippen molar-refractivity contribution in [1.29, 1.82) is 0 Å². The SMILES string of the molecule is COc1ccc2ncc(CO)c(C(F)CCC3(CO)CCN(CCOc4cc(F)c(F)c(F)c4)CC3)c2c1. The summed E-state index contributed by atoms with van der Waals surface area (Å²) in [7, 11) is 1.53. The van der Waals surface area contributed by atoms with E-state index in [1.165, 1.54) is 13.3 Å². The van der Waals surface area contributed by atoms with Crippen LogP contribution in [0.3, 0.4) is 0 Å². The summed E-state index contributed by atoms with van der Waals surface area (Å²) in [6, 6.07) is 6.84. The van der Waals surface area contributed by atoms with Gasteiger partial charge in [0.1, 0.15) is 24.3 Å². The van der Waals surface area contributed by atoms with Crippen molar-refractivity contribution >= 4 is 10.9 Å². The Morgan fingerprint density at radius 3 is 2.39 bits per heavy atom. The molecule has 0 saturated carbocycles. The van der Waals surface area contributed by atoms with Crippen molar-refractivity contribution in [2.45, 2.75) is 38.5 Å². The number of aromatic nitrogens is 1. The Kier molecular flexibility index (Phi) is 9.07. The number of aliphatic hydroxyl groups is 2. The molecule has 3 aromatic rings. The lowest BCUT2D eigenvalue weighted by molar-refractivity contribution is 0.0265. The maximum atomic E-state index is 15.7. The number of piperidine rings is 1. The number of benzene rings is 2. The van der Waals surface area contributed by atoms with E-state index in [0.717, 1.165) is 12.1 Å². The third-order valence-electron chi connectivity index (χ3n) is 7.50. The predicted octanol–water partition coefficient (Wildman–Crippen LogP) is 5.10. The van der Waals surface area contributed by atoms with E-state index in [2.05, 4.69) is 9.88 Å². The molecule has 0 aliphatic carbocycles. The fraction of sp³-hybridized carbons (Fsp3) is 0.464. The summed E-state index contributed by atoms with van der Waals surface area (Å²) in [6.45, 7) is 1.52. The molecular formula is C28H32F4N2O4. The Labute approximate surface area is 218 Å². The van der Waals surface area contributed by atoms with Gasteiger partial charge in [0.25, 0.3) is 0 Å². The number of nitrogens with zero attached hydrogens (tertiary/aromatic N) is 2. The molecule has 0 spiro atoms. The monoisotopic (exact) mass is 536 g/mol. The molecule has 1 aromatic heterocycles. The van der Waals surface area contributed by atoms with E-state index in [1.54, 1.807) is 18.2 Å². The van der Waals surface area contributed by atoms with Gasteiger partial charge in [-0.05, 0) is 62.4 Å². The summed E-state index contributed by atoms with van der Waals surface area (Å²) < 4.78 is 66.2. The van der Waals surface area contributed by atoms with Crippen molar-refractivity contribution in [1.82, 2.24) is 9.88 Å². The van der Waals surface area contributed by atoms with Crippen LogP contribution in [0.25, 0.3) is 10.9 Å². The number of hydrogen-bond acceptors (Lipinski definition) is 6. The molecule has 1 aliphatic rings. The summed E-state index contributed by atoms with van der Waals surface area (Å²) in [5, 5.41) is 20.6. The van der Waals surface area contributed by atoms with E-state index in [-0.39, 0.29) is 32.0 Å². The molecule has 1 saturated heterocycles. The van der Waals surface area contributed by atoms with Crippen LogP contribution in [0.15, 0.2) is 36.5 Å². The summed E-state index contributed by atoms with van der Waals surface area (Å²) in [4.78, 5) is 6.42. The highest BCUT2D eigenvalue weighted by Gasteiger charge is 2.35. The van der Waals surface area contributed by atoms with Gasteiger partial charge in [-0.1, -0.05) is 0 Å². The van der Waals surface area contributed by atoms with Crippen LogP contribution in [0.5, 0.6) is 11.5 Å². The van der Waals surface area contributed by atoms with Crippen LogP contribution in [0, 0.1) is 22.9 Å². The lowest BCUT2D eigenvalue weighted by Crippen LogP contribution is -2.43. The van der Waals surface area contributed by atoms with Crippen LogP contribution < -0.4 is 9.47 Å². The number of aliphatic hydroxyl groups excluding tert-OH is 2. The molecule has 0 bridgehead atoms. The van der Waals surface area contributed by atoms with E-state index in [4.69, 9.17) is 9.47 Å². The molecule has 1 unspecified atom stereocenters. The van der Waals surface area contributed by atoms with Crippen molar-refractivity contribution in [3.05, 3.63) is 65.1 Å². The van der Waals surface area contributed by atoms with E-state index >= 15 is 4.39 Å². The number of likely N-dealkylation sites (tertiary alicyclic amines) is 1. The highest BCUT2D eigenvalue weighted by atomic mass is 19.2. The lowest BCUT2D eigenvalue weighted by atomic mass is 9.74. The minimum atomic E-state index is -1.53. The number of alkyl halides is 1. The third-order valence-corrected chi connectivity index (χ3v) is 7.50. The maximum Gasteiger partial charge on any atom is 0.194 e. The Balaban J connectivity index is 1.34. The van der Waals surface area contributed by atoms with Gasteiger partial charge in [0.2, 0.25) is 0 Å². The summed E-state index contributed by atoms with van der Waals surface area (Å²) in [6.07, 6.45) is 2.06. The number of fused-ring (bicyclic) bond motifs is 1. The molecule has 4 rings (SSSR count). The number of methoxy groups -OCH3 is 1. The fourth-order valence-electron chi connectivity index (χ4n) is 5.08. The van der Waals surface area contributed by atoms with Gasteiger partial charge < -0.3 is 19.7 Å². The first kappa shape index (κ1) is 28.1. The Morgan fingerprint density at radius 1 is 1.05 bits per heavy atom. The molecule has 1 atom stereocenters. The van der Waals surface area contributed by atoms with Gasteiger partial charge in [0.05, 0.1) is 19.2 Å². The quantitative estimate of drug-likeness (QED) is 0.263. The van der Waals surface area contributed by atoms with E-state index in [1.807, 2.05) is 0 Å². The number of rotatable bonds is 11. The first-order valence-electron chi connectivity index (χ1n) is 12.6. The Morgan fingerprint density at radius 2 is 1.76 bits per heavy atom. The van der Waals surface area contributed by atoms with Gasteiger partial charge in [-0.15, -0.1) is 0 Å². The van der Waals surface area contributed by atoms with Gasteiger partial charge in [0.15, 0.2) is 17.5 Å². The molecule has 2 aromatic carbocycles. The molecule has 38 heavy (non-hydrogen) atoms. The van der Waals surface area contributed by atoms with Crippen LogP contribution >= 0.6 is 0 Å². The standard InChI is InChI=1S/C28H32F4N2O4/c1-37-19-2-3-25-21(12-19)26(18(16-35)15-33-25)22(29)4-5-28(17-36)6-8-34(9-7-28)10-11-38-20-13-23(30)27(32)24(31)14-20/h2-3,12-15,22,35-36H,4-11,16-17H2,1H3. The first-order valence-corrected chi connectivity index (χ1v) is 12.6. The lowest BCUT2D eigenvalue weighted by Gasteiger charge is -2.41. The highest BCUT2D eigenvalue weighted by Crippen LogP contribution is 2.41. The van der Waals surface area contributed by atoms with Crippen molar-refractivity contribution in [3.8, 4) is 11.5 Å². The molecular weight excluding hydrogens is 504 g/mol. The molecule has 10 heteroatoms. The molecule has 0 radical (unpaired) electrons. The zero-order chi connectivity index (χ0) is 27.3. The average Bonchev–Trinajstić information content (AvgIpc) is 2.94. The molecule has 0 amide bonds. The topological polar surface area (TPSA) is 75.0 Å².